The van der Waals surface area contributed by atoms with Crippen molar-refractivity contribution in [2.75, 3.05) is 19.8 Å². The van der Waals surface area contributed by atoms with Gasteiger partial charge in [-0.25, -0.2) is 9.59 Å². The summed E-state index contributed by atoms with van der Waals surface area (Å²) in [6.45, 7) is 8.36. The molecule has 0 unspecified atom stereocenters. The van der Waals surface area contributed by atoms with Crippen LogP contribution in [-0.4, -0.2) is 59.4 Å². The number of amides is 2. The Hall–Kier alpha value is -2.46. The Balaban J connectivity index is 2.09. The maximum absolute atomic E-state index is 12.3. The molecule has 2 N–H and O–H groups in total. The van der Waals surface area contributed by atoms with Crippen LogP contribution in [0.15, 0.2) is 36.1 Å². The Bertz CT molecular complexity index is 647. The molecule has 0 spiro atoms. The van der Waals surface area contributed by atoms with E-state index in [-0.39, 0.29) is 31.5 Å². The molecule has 0 bridgehead atoms. The van der Waals surface area contributed by atoms with Gasteiger partial charge in [-0.3, -0.25) is 9.69 Å². The van der Waals surface area contributed by atoms with E-state index >= 15 is 0 Å². The molecule has 3 atom stereocenters. The molecular weight excluding hydrogens is 364 g/mol. The lowest BCUT2D eigenvalue weighted by Crippen LogP contribution is -2.60. The third kappa shape index (κ3) is 4.20. The topological polar surface area (TPSA) is 114 Å². The molecule has 2 amide bonds. The van der Waals surface area contributed by atoms with Gasteiger partial charge in [-0.2, -0.15) is 0 Å². The third-order valence-electron chi connectivity index (χ3n) is 3.55. The summed E-state index contributed by atoms with van der Waals surface area (Å²) in [4.78, 5) is 37.3. The minimum Gasteiger partial charge on any atom is -0.445 e. The van der Waals surface area contributed by atoms with Crippen molar-refractivity contribution in [3.8, 4) is 0 Å². The molecule has 142 valence electrons. The van der Waals surface area contributed by atoms with Gasteiger partial charge in [0, 0.05) is 0 Å². The molecule has 26 heavy (non-hydrogen) atoms. The number of β-lactam (4-membered cyclic amide) rings is 1. The van der Waals surface area contributed by atoms with Crippen molar-refractivity contribution in [1.29, 1.82) is 0 Å². The molecule has 2 aliphatic heterocycles. The molecule has 2 heterocycles. The Kier molecular flexibility index (Phi) is 6.70. The smallest absolute Gasteiger partial charge is 0.445 e. The zero-order chi connectivity index (χ0) is 19.3. The van der Waals surface area contributed by atoms with E-state index in [9.17, 15) is 19.5 Å². The fourth-order valence-corrected chi connectivity index (χ4v) is 3.88. The molecule has 2 aliphatic rings. The molecule has 0 aromatic carbocycles. The van der Waals surface area contributed by atoms with Crippen molar-refractivity contribution in [2.24, 2.45) is 5.92 Å². The number of rotatable bonds is 8. The summed E-state index contributed by atoms with van der Waals surface area (Å²) in [7, 11) is 0. The van der Waals surface area contributed by atoms with E-state index in [0.29, 0.717) is 4.91 Å². The van der Waals surface area contributed by atoms with Gasteiger partial charge in [0.1, 0.15) is 18.6 Å². The first-order chi connectivity index (χ1) is 12.4. The first-order valence-corrected chi connectivity index (χ1v) is 8.66. The maximum Gasteiger partial charge on any atom is 0.515 e. The van der Waals surface area contributed by atoms with Crippen molar-refractivity contribution < 1.29 is 33.7 Å². The second-order valence-electron chi connectivity index (χ2n) is 5.40. The van der Waals surface area contributed by atoms with E-state index in [4.69, 9.17) is 14.2 Å². The average molecular weight is 384 g/mol. The summed E-state index contributed by atoms with van der Waals surface area (Å²) in [5.74, 6) is -0.999. The first-order valence-electron chi connectivity index (χ1n) is 7.78. The van der Waals surface area contributed by atoms with Crippen LogP contribution in [0.5, 0.6) is 0 Å². The van der Waals surface area contributed by atoms with E-state index in [0.717, 1.165) is 0 Å². The number of thioether (sulfide) groups is 1. The lowest BCUT2D eigenvalue weighted by Gasteiger charge is -2.43. The number of fused-ring (bicyclic) bond motifs is 1. The monoisotopic (exact) mass is 384 g/mol. The van der Waals surface area contributed by atoms with Crippen LogP contribution in [0.1, 0.15) is 6.92 Å². The third-order valence-corrected chi connectivity index (χ3v) is 4.90. The Morgan fingerprint density at radius 3 is 2.62 bits per heavy atom. The molecular formula is C16H20N2O7S. The number of ether oxygens (including phenoxy) is 3. The standard InChI is InChI=1S/C16H20N2O7S/c1-4-6-23-15(21)17-8-10-13(25-16(22)24-7-5-2)18-12(20)11(9(3)19)14(18)26-10/h4-5,9,11,14,19H,1-2,6-8H2,3H3,(H,17,21)/t9-,11+,14-/m1/s1. The number of aliphatic hydroxyl groups is 1. The van der Waals surface area contributed by atoms with E-state index in [1.54, 1.807) is 0 Å². The van der Waals surface area contributed by atoms with E-state index in [2.05, 4.69) is 18.5 Å². The molecule has 9 nitrogen and oxygen atoms in total. The molecule has 1 saturated heterocycles. The summed E-state index contributed by atoms with van der Waals surface area (Å²) in [6, 6.07) is 0. The first kappa shape index (κ1) is 19.9. The van der Waals surface area contributed by atoms with Crippen LogP contribution in [0, 0.1) is 5.92 Å². The zero-order valence-electron chi connectivity index (χ0n) is 14.2. The number of alkyl carbamates (subject to hydrolysis) is 1. The highest BCUT2D eigenvalue weighted by molar-refractivity contribution is 8.04. The van der Waals surface area contributed by atoms with Crippen molar-refractivity contribution in [3.05, 3.63) is 36.1 Å². The maximum atomic E-state index is 12.3. The molecule has 0 saturated carbocycles. The van der Waals surface area contributed by atoms with Crippen molar-refractivity contribution in [1.82, 2.24) is 10.2 Å². The van der Waals surface area contributed by atoms with Gasteiger partial charge in [0.15, 0.2) is 0 Å². The molecule has 2 rings (SSSR count). The molecule has 0 radical (unpaired) electrons. The molecule has 10 heteroatoms. The largest absolute Gasteiger partial charge is 0.515 e. The summed E-state index contributed by atoms with van der Waals surface area (Å²) in [5, 5.41) is 11.8. The lowest BCUT2D eigenvalue weighted by atomic mass is 9.93. The normalized spacial score (nSPS) is 22.1. The van der Waals surface area contributed by atoms with Crippen LogP contribution in [-0.2, 0) is 19.0 Å². The van der Waals surface area contributed by atoms with Gasteiger partial charge in [-0.15, -0.1) is 0 Å². The Morgan fingerprint density at radius 1 is 1.35 bits per heavy atom. The predicted octanol–water partition coefficient (Wildman–Crippen LogP) is 1.32. The molecule has 1 fully saturated rings. The highest BCUT2D eigenvalue weighted by atomic mass is 32.2. The van der Waals surface area contributed by atoms with E-state index in [1.807, 2.05) is 0 Å². The van der Waals surface area contributed by atoms with Gasteiger partial charge in [-0.05, 0) is 6.92 Å². The molecule has 0 aromatic heterocycles. The van der Waals surface area contributed by atoms with Gasteiger partial charge in [-0.1, -0.05) is 37.1 Å². The summed E-state index contributed by atoms with van der Waals surface area (Å²) >= 11 is 1.22. The van der Waals surface area contributed by atoms with E-state index in [1.165, 1.54) is 35.7 Å². The fourth-order valence-electron chi connectivity index (χ4n) is 2.40. The van der Waals surface area contributed by atoms with Gasteiger partial charge in [0.05, 0.1) is 23.5 Å². The number of carbonyl (C=O) groups excluding carboxylic acids is 3. The van der Waals surface area contributed by atoms with Gasteiger partial charge < -0.3 is 24.6 Å². The SMILES string of the molecule is C=CCOC(=O)NCC1=C(OC(=O)OCC=C)N2C(=O)[C@H]([C@@H](C)O)[C@H]2S1. The van der Waals surface area contributed by atoms with Crippen molar-refractivity contribution in [3.63, 3.8) is 0 Å². The Labute approximate surface area is 154 Å². The minimum atomic E-state index is -0.999. The summed E-state index contributed by atoms with van der Waals surface area (Å²) in [6.07, 6.45) is 0.263. The van der Waals surface area contributed by atoms with Crippen LogP contribution < -0.4 is 5.32 Å². The van der Waals surface area contributed by atoms with Gasteiger partial charge in [0.2, 0.25) is 11.8 Å². The van der Waals surface area contributed by atoms with Crippen molar-refractivity contribution >= 4 is 29.9 Å². The van der Waals surface area contributed by atoms with Crippen LogP contribution in [0.25, 0.3) is 0 Å². The van der Waals surface area contributed by atoms with Crippen LogP contribution >= 0.6 is 11.8 Å². The second kappa shape index (κ2) is 8.77. The number of carbonyl (C=O) groups is 3. The highest BCUT2D eigenvalue weighted by Gasteiger charge is 2.57. The molecule has 0 aliphatic carbocycles. The quantitative estimate of drug-likeness (QED) is 0.366. The van der Waals surface area contributed by atoms with Gasteiger partial charge in [0.25, 0.3) is 0 Å². The number of aliphatic hydroxyl groups excluding tert-OH is 1. The average Bonchev–Trinajstić information content (AvgIpc) is 2.88. The van der Waals surface area contributed by atoms with Crippen LogP contribution in [0.4, 0.5) is 9.59 Å². The molecule has 0 aromatic rings. The fraction of sp³-hybridized carbons (Fsp3) is 0.438. The second-order valence-corrected chi connectivity index (χ2v) is 6.62. The Morgan fingerprint density at radius 2 is 2.00 bits per heavy atom. The number of hydrogen-bond donors (Lipinski definition) is 2. The highest BCUT2D eigenvalue weighted by Crippen LogP contribution is 2.50. The number of hydrogen-bond acceptors (Lipinski definition) is 8. The van der Waals surface area contributed by atoms with E-state index < -0.39 is 29.6 Å². The number of nitrogens with zero attached hydrogens (tertiary/aromatic N) is 1. The summed E-state index contributed by atoms with van der Waals surface area (Å²) < 4.78 is 14.7. The van der Waals surface area contributed by atoms with Crippen LogP contribution in [0.3, 0.4) is 0 Å². The minimum absolute atomic E-state index is 0.0139. The summed E-state index contributed by atoms with van der Waals surface area (Å²) in [5.41, 5.74) is 0. The lowest BCUT2D eigenvalue weighted by molar-refractivity contribution is -0.155. The van der Waals surface area contributed by atoms with Crippen LogP contribution in [0.2, 0.25) is 0 Å². The van der Waals surface area contributed by atoms with Gasteiger partial charge >= 0.3 is 12.2 Å². The predicted molar refractivity (Wildman–Crippen MR) is 92.6 cm³/mol. The number of nitrogens with one attached hydrogen (secondary N) is 1. The van der Waals surface area contributed by atoms with Crippen molar-refractivity contribution in [2.45, 2.75) is 18.4 Å². The zero-order valence-corrected chi connectivity index (χ0v) is 15.0.